The van der Waals surface area contributed by atoms with Crippen molar-refractivity contribution >= 4 is 24.6 Å². The fourth-order valence-electron chi connectivity index (χ4n) is 4.13. The highest BCUT2D eigenvalue weighted by atomic mass is 32.1. The van der Waals surface area contributed by atoms with Gasteiger partial charge in [0.1, 0.15) is 17.6 Å². The molecule has 2 heterocycles. The molecule has 8 heteroatoms. The third-order valence-electron chi connectivity index (χ3n) is 5.88. The first kappa shape index (κ1) is 23.6. The van der Waals surface area contributed by atoms with E-state index in [0.29, 0.717) is 11.1 Å². The lowest BCUT2D eigenvalue weighted by atomic mass is 9.98. The summed E-state index contributed by atoms with van der Waals surface area (Å²) in [6.45, 7) is 0.194. The van der Waals surface area contributed by atoms with E-state index < -0.39 is 48.1 Å². The average Bonchev–Trinajstić information content (AvgIpc) is 2.91. The van der Waals surface area contributed by atoms with Gasteiger partial charge in [-0.15, -0.1) is 12.6 Å². The molecule has 2 saturated heterocycles. The molecule has 0 aliphatic carbocycles. The molecule has 0 saturated carbocycles. The predicted molar refractivity (Wildman–Crippen MR) is 129 cm³/mol. The molecular weight excluding hydrogens is 468 g/mol. The third kappa shape index (κ3) is 5.26. The number of benzene rings is 3. The zero-order chi connectivity index (χ0) is 24.2. The van der Waals surface area contributed by atoms with Gasteiger partial charge in [0.15, 0.2) is 18.5 Å². The Morgan fingerprint density at radius 2 is 1.23 bits per heavy atom. The Labute approximate surface area is 208 Å². The molecule has 180 valence electrons. The Kier molecular flexibility index (Phi) is 7.15. The molecule has 2 aliphatic heterocycles. The van der Waals surface area contributed by atoms with Crippen molar-refractivity contribution < 1.29 is 33.3 Å². The second kappa shape index (κ2) is 10.6. The summed E-state index contributed by atoms with van der Waals surface area (Å²) in [6, 6.07) is 26.6. The van der Waals surface area contributed by atoms with Gasteiger partial charge in [-0.3, -0.25) is 0 Å². The van der Waals surface area contributed by atoms with Gasteiger partial charge in [-0.1, -0.05) is 66.7 Å². The highest BCUT2D eigenvalue weighted by Gasteiger charge is 2.53. The second-order valence-corrected chi connectivity index (χ2v) is 8.72. The van der Waals surface area contributed by atoms with Crippen molar-refractivity contribution in [2.24, 2.45) is 0 Å². The monoisotopic (exact) mass is 492 g/mol. The highest BCUT2D eigenvalue weighted by Crippen LogP contribution is 2.37. The Bertz CT molecular complexity index is 1140. The van der Waals surface area contributed by atoms with E-state index in [4.69, 9.17) is 23.7 Å². The minimum absolute atomic E-state index is 0.194. The lowest BCUT2D eigenvalue weighted by Crippen LogP contribution is -2.62. The van der Waals surface area contributed by atoms with E-state index in [1.54, 1.807) is 54.6 Å². The van der Waals surface area contributed by atoms with Crippen LogP contribution in [0.25, 0.3) is 0 Å². The molecule has 0 unspecified atom stereocenters. The smallest absolute Gasteiger partial charge is 0.338 e. The molecule has 3 aromatic carbocycles. The molecular formula is C27H24O7S. The summed E-state index contributed by atoms with van der Waals surface area (Å²) in [5.74, 6) is -1.15. The van der Waals surface area contributed by atoms with E-state index in [1.807, 2.05) is 36.4 Å². The first-order valence-electron chi connectivity index (χ1n) is 11.3. The number of carbonyl (C=O) groups is 2. The molecule has 0 spiro atoms. The van der Waals surface area contributed by atoms with Crippen LogP contribution in [0.2, 0.25) is 0 Å². The summed E-state index contributed by atoms with van der Waals surface area (Å²) in [7, 11) is 0. The van der Waals surface area contributed by atoms with Crippen molar-refractivity contribution in [2.75, 3.05) is 6.61 Å². The third-order valence-corrected chi connectivity index (χ3v) is 6.29. The quantitative estimate of drug-likeness (QED) is 0.422. The molecule has 2 aliphatic rings. The number of thiol groups is 1. The normalized spacial score (nSPS) is 27.9. The van der Waals surface area contributed by atoms with Crippen LogP contribution in [0.1, 0.15) is 32.6 Å². The molecule has 6 atom stereocenters. The maximum atomic E-state index is 13.0. The molecule has 3 aromatic rings. The summed E-state index contributed by atoms with van der Waals surface area (Å²) in [5.41, 5.74) is 0.673. The maximum Gasteiger partial charge on any atom is 0.338 e. The van der Waals surface area contributed by atoms with Gasteiger partial charge in [-0.05, 0) is 24.3 Å². The van der Waals surface area contributed by atoms with Gasteiger partial charge in [0.25, 0.3) is 0 Å². The molecule has 35 heavy (non-hydrogen) atoms. The van der Waals surface area contributed by atoms with Crippen LogP contribution in [-0.4, -0.2) is 48.4 Å². The molecule has 0 radical (unpaired) electrons. The van der Waals surface area contributed by atoms with Crippen LogP contribution in [0.15, 0.2) is 91.0 Å². The standard InChI is InChI=1S/C27H24O7S/c28-24(17-10-4-1-5-11-17)32-22-21-20(16-30-26(34-21)19-14-8-3-9-15-19)31-27(35)23(22)33-25(29)18-12-6-2-7-13-18/h1-15,20-23,26-27,35H,16H2/t20-,21-,22+,23-,26-,27+/m1/s1. The number of fused-ring (bicyclic) bond motifs is 1. The van der Waals surface area contributed by atoms with Crippen LogP contribution in [0.4, 0.5) is 0 Å². The number of rotatable bonds is 5. The van der Waals surface area contributed by atoms with Crippen LogP contribution >= 0.6 is 12.6 Å². The largest absolute Gasteiger partial charge is 0.452 e. The highest BCUT2D eigenvalue weighted by molar-refractivity contribution is 7.80. The second-order valence-electron chi connectivity index (χ2n) is 8.21. The van der Waals surface area contributed by atoms with E-state index >= 15 is 0 Å². The van der Waals surface area contributed by atoms with Crippen LogP contribution in [0, 0.1) is 0 Å². The van der Waals surface area contributed by atoms with Crippen molar-refractivity contribution in [3.63, 3.8) is 0 Å². The number of carbonyl (C=O) groups excluding carboxylic acids is 2. The summed E-state index contributed by atoms with van der Waals surface area (Å²) in [6.07, 6.45) is -4.02. The molecule has 0 amide bonds. The van der Waals surface area contributed by atoms with Crippen molar-refractivity contribution in [3.8, 4) is 0 Å². The zero-order valence-corrected chi connectivity index (χ0v) is 19.5. The molecule has 0 N–H and O–H groups in total. The van der Waals surface area contributed by atoms with Crippen molar-refractivity contribution in [3.05, 3.63) is 108 Å². The molecule has 2 fully saturated rings. The van der Waals surface area contributed by atoms with Gasteiger partial charge < -0.3 is 23.7 Å². The molecule has 5 rings (SSSR count). The Hall–Kier alpha value is -3.17. The van der Waals surface area contributed by atoms with E-state index in [0.717, 1.165) is 5.56 Å². The first-order valence-corrected chi connectivity index (χ1v) is 11.8. The van der Waals surface area contributed by atoms with Crippen LogP contribution in [-0.2, 0) is 23.7 Å². The minimum Gasteiger partial charge on any atom is -0.452 e. The summed E-state index contributed by atoms with van der Waals surface area (Å²) >= 11 is 4.52. The van der Waals surface area contributed by atoms with E-state index in [1.165, 1.54) is 0 Å². The molecule has 0 bridgehead atoms. The van der Waals surface area contributed by atoms with Crippen LogP contribution in [0.3, 0.4) is 0 Å². The maximum absolute atomic E-state index is 13.0. The Morgan fingerprint density at radius 1 is 0.714 bits per heavy atom. The van der Waals surface area contributed by atoms with Crippen molar-refractivity contribution in [1.29, 1.82) is 0 Å². The fraction of sp³-hybridized carbons (Fsp3) is 0.259. The number of ether oxygens (including phenoxy) is 5. The SMILES string of the molecule is O=C(O[C@@H]1[C@@H](OC(=O)c2ccccc2)[C@H](S)O[C@@H]2CO[C@@H](c3ccccc3)O[C@@H]12)c1ccccc1. The Balaban J connectivity index is 1.43. The number of hydrogen-bond acceptors (Lipinski definition) is 8. The van der Waals surface area contributed by atoms with Gasteiger partial charge in [-0.2, -0.15) is 0 Å². The zero-order valence-electron chi connectivity index (χ0n) is 18.6. The van der Waals surface area contributed by atoms with Crippen LogP contribution < -0.4 is 0 Å². The lowest BCUT2D eigenvalue weighted by molar-refractivity contribution is -0.317. The topological polar surface area (TPSA) is 80.3 Å². The van der Waals surface area contributed by atoms with Gasteiger partial charge in [0.2, 0.25) is 0 Å². The molecule has 0 aromatic heterocycles. The van der Waals surface area contributed by atoms with Gasteiger partial charge in [0.05, 0.1) is 17.7 Å². The van der Waals surface area contributed by atoms with E-state index in [9.17, 15) is 9.59 Å². The fourth-order valence-corrected chi connectivity index (χ4v) is 4.52. The number of hydrogen-bond donors (Lipinski definition) is 1. The van der Waals surface area contributed by atoms with Crippen molar-refractivity contribution in [1.82, 2.24) is 0 Å². The summed E-state index contributed by atoms with van der Waals surface area (Å²) in [5, 5.41) is 0. The van der Waals surface area contributed by atoms with E-state index in [2.05, 4.69) is 12.6 Å². The first-order chi connectivity index (χ1) is 17.1. The summed E-state index contributed by atoms with van der Waals surface area (Å²) in [4.78, 5) is 25.9. The van der Waals surface area contributed by atoms with E-state index in [-0.39, 0.29) is 6.61 Å². The predicted octanol–water partition coefficient (Wildman–Crippen LogP) is 4.21. The Morgan fingerprint density at radius 3 is 1.80 bits per heavy atom. The number of esters is 2. The average molecular weight is 493 g/mol. The van der Waals surface area contributed by atoms with Crippen LogP contribution in [0.5, 0.6) is 0 Å². The lowest BCUT2D eigenvalue weighted by Gasteiger charge is -2.47. The molecule has 7 nitrogen and oxygen atoms in total. The van der Waals surface area contributed by atoms with Gasteiger partial charge in [-0.25, -0.2) is 9.59 Å². The van der Waals surface area contributed by atoms with Gasteiger partial charge >= 0.3 is 11.9 Å². The van der Waals surface area contributed by atoms with Gasteiger partial charge in [0, 0.05) is 5.56 Å². The summed E-state index contributed by atoms with van der Waals surface area (Å²) < 4.78 is 29.8. The van der Waals surface area contributed by atoms with Crippen molar-refractivity contribution in [2.45, 2.75) is 36.1 Å². The minimum atomic E-state index is -1.02.